The molecule has 2 aromatic rings. The van der Waals surface area contributed by atoms with Crippen LogP contribution in [0.1, 0.15) is 16.6 Å². The molecule has 1 unspecified atom stereocenters. The van der Waals surface area contributed by atoms with Crippen LogP contribution in [0, 0.1) is 0 Å². The lowest BCUT2D eigenvalue weighted by atomic mass is 10.1. The molecule has 0 spiro atoms. The van der Waals surface area contributed by atoms with Gasteiger partial charge in [0.25, 0.3) is 0 Å². The summed E-state index contributed by atoms with van der Waals surface area (Å²) in [7, 11) is 0. The molecule has 0 aliphatic heterocycles. The van der Waals surface area contributed by atoms with E-state index in [0.29, 0.717) is 0 Å². The third kappa shape index (κ3) is 2.63. The minimum atomic E-state index is -0.00528. The van der Waals surface area contributed by atoms with Crippen LogP contribution in [-0.4, -0.2) is 15.4 Å². The number of rotatable bonds is 4. The van der Waals surface area contributed by atoms with Gasteiger partial charge >= 0.3 is 0 Å². The molecule has 4 N–H and O–H groups in total. The van der Waals surface area contributed by atoms with Gasteiger partial charge in [-0.2, -0.15) is 15.4 Å². The summed E-state index contributed by atoms with van der Waals surface area (Å²) in [5.74, 6) is 5.48. The number of nitrogens with two attached hydrogens (primary N) is 1. The maximum absolute atomic E-state index is 5.48. The van der Waals surface area contributed by atoms with Gasteiger partial charge in [0.2, 0.25) is 0 Å². The first kappa shape index (κ1) is 10.7. The van der Waals surface area contributed by atoms with E-state index in [-0.39, 0.29) is 6.04 Å². The number of halogens is 1. The fraction of sp³-hybridized carbons (Fsp3) is 0.250. The van der Waals surface area contributed by atoms with Crippen molar-refractivity contribution in [2.24, 2.45) is 5.84 Å². The Kier molecular flexibility index (Phi) is 3.47. The normalized spacial score (nSPS) is 12.9. The molecule has 2 heterocycles. The largest absolute Gasteiger partial charge is 0.271 e. The number of nitrogens with one attached hydrogen (secondary N) is 2. The second-order valence-electron chi connectivity index (χ2n) is 3.02. The average Bonchev–Trinajstić information content (AvgIpc) is 2.85. The molecule has 0 saturated heterocycles. The molecule has 0 fully saturated rings. The second kappa shape index (κ2) is 4.84. The van der Waals surface area contributed by atoms with Gasteiger partial charge in [-0.25, -0.2) is 0 Å². The molecule has 2 rings (SSSR count). The van der Waals surface area contributed by atoms with Crippen molar-refractivity contribution in [1.29, 1.82) is 0 Å². The lowest BCUT2D eigenvalue weighted by Gasteiger charge is -2.10. The van der Waals surface area contributed by atoms with Crippen molar-refractivity contribution >= 4 is 27.3 Å². The molecular formula is C8H10BrN5S. The zero-order valence-corrected chi connectivity index (χ0v) is 10.2. The molecule has 0 radical (unpaired) electrons. The first-order chi connectivity index (χ1) is 7.29. The van der Waals surface area contributed by atoms with E-state index in [1.807, 2.05) is 6.07 Å². The second-order valence-corrected chi connectivity index (χ2v) is 5.57. The summed E-state index contributed by atoms with van der Waals surface area (Å²) in [6.45, 7) is 0. The molecule has 0 bridgehead atoms. The third-order valence-corrected chi connectivity index (χ3v) is 3.67. The van der Waals surface area contributed by atoms with Gasteiger partial charge in [0.1, 0.15) is 5.69 Å². The molecule has 0 aliphatic rings. The summed E-state index contributed by atoms with van der Waals surface area (Å²) >= 11 is 5.12. The fourth-order valence-corrected chi connectivity index (χ4v) is 2.82. The summed E-state index contributed by atoms with van der Waals surface area (Å²) in [6, 6.07) is 4.09. The Labute approximate surface area is 99.2 Å². The number of hydrogen-bond acceptors (Lipinski definition) is 5. The number of hydrazine groups is 1. The number of hydrogen-bond donors (Lipinski definition) is 3. The molecule has 5 nitrogen and oxygen atoms in total. The molecule has 7 heteroatoms. The highest BCUT2D eigenvalue weighted by atomic mass is 79.9. The quantitative estimate of drug-likeness (QED) is 0.586. The van der Waals surface area contributed by atoms with Crippen LogP contribution < -0.4 is 11.3 Å². The summed E-state index contributed by atoms with van der Waals surface area (Å²) in [5.41, 5.74) is 3.55. The SMILES string of the molecule is NNC(Cc1ccc(Br)s1)c1cn[nH]n1. The van der Waals surface area contributed by atoms with Crippen molar-refractivity contribution < 1.29 is 0 Å². The number of thiophene rings is 1. The van der Waals surface area contributed by atoms with Crippen molar-refractivity contribution in [3.63, 3.8) is 0 Å². The third-order valence-electron chi connectivity index (χ3n) is 2.03. The highest BCUT2D eigenvalue weighted by Gasteiger charge is 2.14. The molecule has 0 aliphatic carbocycles. The Bertz CT molecular complexity index is 412. The molecule has 80 valence electrons. The number of nitrogens with zero attached hydrogens (tertiary/aromatic N) is 2. The summed E-state index contributed by atoms with van der Waals surface area (Å²) in [4.78, 5) is 1.24. The van der Waals surface area contributed by atoms with E-state index in [4.69, 9.17) is 5.84 Å². The van der Waals surface area contributed by atoms with Crippen molar-refractivity contribution in [3.8, 4) is 0 Å². The molecule has 2 aromatic heterocycles. The standard InChI is InChI=1S/C8H10BrN5S/c9-8-2-1-5(15-8)3-6(12-10)7-4-11-14-13-7/h1-2,4,6,12H,3,10H2,(H,11,13,14). The molecule has 1 atom stereocenters. The van der Waals surface area contributed by atoms with Crippen LogP contribution in [0.25, 0.3) is 0 Å². The van der Waals surface area contributed by atoms with Crippen molar-refractivity contribution in [1.82, 2.24) is 20.8 Å². The summed E-state index contributed by atoms with van der Waals surface area (Å²) < 4.78 is 1.12. The Morgan fingerprint density at radius 1 is 1.60 bits per heavy atom. The predicted octanol–water partition coefficient (Wildman–Crippen LogP) is 1.38. The Hall–Kier alpha value is -0.760. The van der Waals surface area contributed by atoms with E-state index >= 15 is 0 Å². The van der Waals surface area contributed by atoms with Gasteiger partial charge in [-0.05, 0) is 28.1 Å². The van der Waals surface area contributed by atoms with Crippen molar-refractivity contribution in [3.05, 3.63) is 32.7 Å². The van der Waals surface area contributed by atoms with Crippen LogP contribution >= 0.6 is 27.3 Å². The molecule has 0 amide bonds. The van der Waals surface area contributed by atoms with Crippen molar-refractivity contribution in [2.45, 2.75) is 12.5 Å². The van der Waals surface area contributed by atoms with Crippen LogP contribution in [0.3, 0.4) is 0 Å². The van der Waals surface area contributed by atoms with E-state index in [0.717, 1.165) is 15.9 Å². The van der Waals surface area contributed by atoms with Gasteiger partial charge in [0.05, 0.1) is 16.0 Å². The lowest BCUT2D eigenvalue weighted by Crippen LogP contribution is -2.29. The molecule has 0 saturated carbocycles. The maximum Gasteiger partial charge on any atom is 0.101 e. The number of H-pyrrole nitrogens is 1. The summed E-state index contributed by atoms with van der Waals surface area (Å²) in [6.07, 6.45) is 2.48. The van der Waals surface area contributed by atoms with E-state index in [1.165, 1.54) is 4.88 Å². The molecular weight excluding hydrogens is 278 g/mol. The van der Waals surface area contributed by atoms with Crippen LogP contribution in [0.4, 0.5) is 0 Å². The zero-order chi connectivity index (χ0) is 10.7. The number of aromatic nitrogens is 3. The van der Waals surface area contributed by atoms with Crippen molar-refractivity contribution in [2.75, 3.05) is 0 Å². The summed E-state index contributed by atoms with van der Waals surface area (Å²) in [5, 5.41) is 10.3. The highest BCUT2D eigenvalue weighted by molar-refractivity contribution is 9.11. The van der Waals surface area contributed by atoms with Gasteiger partial charge < -0.3 is 0 Å². The van der Waals surface area contributed by atoms with Gasteiger partial charge in [-0.15, -0.1) is 11.3 Å². The predicted molar refractivity (Wildman–Crippen MR) is 62.2 cm³/mol. The van der Waals surface area contributed by atoms with Crippen LogP contribution in [0.5, 0.6) is 0 Å². The Balaban J connectivity index is 2.09. The fourth-order valence-electron chi connectivity index (χ4n) is 1.29. The smallest absolute Gasteiger partial charge is 0.101 e. The Morgan fingerprint density at radius 3 is 3.00 bits per heavy atom. The van der Waals surface area contributed by atoms with E-state index < -0.39 is 0 Å². The lowest BCUT2D eigenvalue weighted by molar-refractivity contribution is 0.540. The topological polar surface area (TPSA) is 79.6 Å². The highest BCUT2D eigenvalue weighted by Crippen LogP contribution is 2.25. The van der Waals surface area contributed by atoms with E-state index in [1.54, 1.807) is 17.5 Å². The minimum absolute atomic E-state index is 0.00528. The van der Waals surface area contributed by atoms with E-state index in [9.17, 15) is 0 Å². The number of aromatic amines is 1. The zero-order valence-electron chi connectivity index (χ0n) is 7.77. The molecule has 0 aromatic carbocycles. The first-order valence-corrected chi connectivity index (χ1v) is 5.96. The first-order valence-electron chi connectivity index (χ1n) is 4.35. The van der Waals surface area contributed by atoms with Gasteiger partial charge in [0, 0.05) is 11.3 Å². The molecule has 15 heavy (non-hydrogen) atoms. The van der Waals surface area contributed by atoms with Crippen LogP contribution in [-0.2, 0) is 6.42 Å². The Morgan fingerprint density at radius 2 is 2.47 bits per heavy atom. The van der Waals surface area contributed by atoms with Crippen LogP contribution in [0.15, 0.2) is 22.1 Å². The average molecular weight is 288 g/mol. The van der Waals surface area contributed by atoms with Gasteiger partial charge in [-0.1, -0.05) is 0 Å². The van der Waals surface area contributed by atoms with Gasteiger partial charge in [0.15, 0.2) is 0 Å². The maximum atomic E-state index is 5.48. The minimum Gasteiger partial charge on any atom is -0.271 e. The van der Waals surface area contributed by atoms with Gasteiger partial charge in [-0.3, -0.25) is 11.3 Å². The van der Waals surface area contributed by atoms with Crippen LogP contribution in [0.2, 0.25) is 0 Å². The monoisotopic (exact) mass is 287 g/mol. The van der Waals surface area contributed by atoms with E-state index in [2.05, 4.69) is 42.8 Å².